The molecule has 2 N–H and O–H groups in total. The number of hydrogen-bond acceptors (Lipinski definition) is 4. The lowest BCUT2D eigenvalue weighted by atomic mass is 10.0. The summed E-state index contributed by atoms with van der Waals surface area (Å²) in [6.45, 7) is 4.13. The number of aryl methyl sites for hydroxylation is 1. The van der Waals surface area contributed by atoms with Crippen LogP contribution in [0, 0.1) is 6.92 Å². The number of anilines is 2. The summed E-state index contributed by atoms with van der Waals surface area (Å²) in [6, 6.07) is 4.69. The van der Waals surface area contributed by atoms with Gasteiger partial charge in [0.05, 0.1) is 11.4 Å². The maximum Gasteiger partial charge on any atom is 0.128 e. The van der Waals surface area contributed by atoms with Crippen LogP contribution in [0.3, 0.4) is 0 Å². The van der Waals surface area contributed by atoms with Crippen molar-refractivity contribution in [3.63, 3.8) is 0 Å². The van der Waals surface area contributed by atoms with E-state index in [1.165, 1.54) is 12.8 Å². The SMILES string of the molecule is Cc1nc(N2CCC(N(C)C)CC2)ccc1N. The Hall–Kier alpha value is -1.29. The van der Waals surface area contributed by atoms with Crippen LogP contribution in [0.4, 0.5) is 11.5 Å². The van der Waals surface area contributed by atoms with E-state index >= 15 is 0 Å². The molecule has 1 aromatic heterocycles. The topological polar surface area (TPSA) is 45.4 Å². The molecule has 1 fully saturated rings. The first-order valence-electron chi connectivity index (χ1n) is 6.22. The first kappa shape index (κ1) is 12.2. The predicted octanol–water partition coefficient (Wildman–Crippen LogP) is 1.50. The van der Waals surface area contributed by atoms with Gasteiger partial charge in [-0.25, -0.2) is 4.98 Å². The number of piperidine rings is 1. The van der Waals surface area contributed by atoms with Gasteiger partial charge in [0.1, 0.15) is 5.82 Å². The van der Waals surface area contributed by atoms with Gasteiger partial charge >= 0.3 is 0 Å². The van der Waals surface area contributed by atoms with Crippen LogP contribution in [0.5, 0.6) is 0 Å². The van der Waals surface area contributed by atoms with Crippen LogP contribution >= 0.6 is 0 Å². The van der Waals surface area contributed by atoms with E-state index in [1.54, 1.807) is 0 Å². The van der Waals surface area contributed by atoms with E-state index in [-0.39, 0.29) is 0 Å². The molecule has 0 bridgehead atoms. The van der Waals surface area contributed by atoms with E-state index in [0.29, 0.717) is 6.04 Å². The van der Waals surface area contributed by atoms with E-state index in [0.717, 1.165) is 30.3 Å². The third-order valence-corrected chi connectivity index (χ3v) is 3.63. The zero-order valence-corrected chi connectivity index (χ0v) is 11.0. The normalized spacial score (nSPS) is 17.8. The zero-order chi connectivity index (χ0) is 12.4. The second-order valence-electron chi connectivity index (χ2n) is 5.03. The molecule has 2 rings (SSSR count). The number of nitrogens with two attached hydrogens (primary N) is 1. The molecule has 0 unspecified atom stereocenters. The highest BCUT2D eigenvalue weighted by Gasteiger charge is 2.21. The van der Waals surface area contributed by atoms with Crippen LogP contribution in [-0.2, 0) is 0 Å². The maximum atomic E-state index is 5.79. The van der Waals surface area contributed by atoms with E-state index in [9.17, 15) is 0 Å². The molecule has 1 saturated heterocycles. The average molecular weight is 234 g/mol. The van der Waals surface area contributed by atoms with Crippen LogP contribution in [0.2, 0.25) is 0 Å². The van der Waals surface area contributed by atoms with Gasteiger partial charge in [-0.2, -0.15) is 0 Å². The Bertz CT molecular complexity index is 381. The summed E-state index contributed by atoms with van der Waals surface area (Å²) in [4.78, 5) is 9.23. The van der Waals surface area contributed by atoms with Crippen molar-refractivity contribution in [3.05, 3.63) is 17.8 Å². The molecule has 17 heavy (non-hydrogen) atoms. The van der Waals surface area contributed by atoms with Crippen molar-refractivity contribution in [2.45, 2.75) is 25.8 Å². The van der Waals surface area contributed by atoms with Gasteiger partial charge in [0.25, 0.3) is 0 Å². The molecule has 0 radical (unpaired) electrons. The highest BCUT2D eigenvalue weighted by molar-refractivity contribution is 5.50. The van der Waals surface area contributed by atoms with E-state index in [1.807, 2.05) is 19.1 Å². The van der Waals surface area contributed by atoms with Gasteiger partial charge in [-0.3, -0.25) is 0 Å². The Balaban J connectivity index is 2.03. The molecule has 0 aliphatic carbocycles. The van der Waals surface area contributed by atoms with Gasteiger partial charge in [-0.05, 0) is 46.0 Å². The molecule has 4 nitrogen and oxygen atoms in total. The number of rotatable bonds is 2. The summed E-state index contributed by atoms with van der Waals surface area (Å²) in [6.07, 6.45) is 2.41. The average Bonchev–Trinajstić information content (AvgIpc) is 2.33. The first-order chi connectivity index (χ1) is 8.08. The Morgan fingerprint density at radius 2 is 1.94 bits per heavy atom. The van der Waals surface area contributed by atoms with Gasteiger partial charge in [-0.15, -0.1) is 0 Å². The van der Waals surface area contributed by atoms with Crippen LogP contribution < -0.4 is 10.6 Å². The van der Waals surface area contributed by atoms with Crippen molar-refractivity contribution >= 4 is 11.5 Å². The van der Waals surface area contributed by atoms with Crippen molar-refractivity contribution in [1.29, 1.82) is 0 Å². The van der Waals surface area contributed by atoms with Crippen molar-refractivity contribution in [3.8, 4) is 0 Å². The van der Waals surface area contributed by atoms with Gasteiger partial charge in [0, 0.05) is 19.1 Å². The van der Waals surface area contributed by atoms with E-state index < -0.39 is 0 Å². The highest BCUT2D eigenvalue weighted by Crippen LogP contribution is 2.21. The smallest absolute Gasteiger partial charge is 0.128 e. The van der Waals surface area contributed by atoms with Gasteiger partial charge in [0.15, 0.2) is 0 Å². The number of pyridine rings is 1. The highest BCUT2D eigenvalue weighted by atomic mass is 15.2. The molecular formula is C13H22N4. The Labute approximate surface area is 103 Å². The fraction of sp³-hybridized carbons (Fsp3) is 0.615. The van der Waals surface area contributed by atoms with Crippen molar-refractivity contribution in [1.82, 2.24) is 9.88 Å². The largest absolute Gasteiger partial charge is 0.397 e. The molecule has 0 spiro atoms. The summed E-state index contributed by atoms with van der Waals surface area (Å²) < 4.78 is 0. The van der Waals surface area contributed by atoms with Gasteiger partial charge < -0.3 is 15.5 Å². The van der Waals surface area contributed by atoms with Crippen molar-refractivity contribution in [2.24, 2.45) is 0 Å². The number of aromatic nitrogens is 1. The third kappa shape index (κ3) is 2.69. The maximum absolute atomic E-state index is 5.79. The quantitative estimate of drug-likeness (QED) is 0.842. The van der Waals surface area contributed by atoms with Crippen LogP contribution in [0.25, 0.3) is 0 Å². The standard InChI is InChI=1S/C13H22N4/c1-10-12(14)4-5-13(15-10)17-8-6-11(7-9-17)16(2)3/h4-5,11H,6-9,14H2,1-3H3. The Morgan fingerprint density at radius 1 is 1.29 bits per heavy atom. The Morgan fingerprint density at radius 3 is 2.47 bits per heavy atom. The van der Waals surface area contributed by atoms with Gasteiger partial charge in [-0.1, -0.05) is 0 Å². The van der Waals surface area contributed by atoms with Crippen molar-refractivity contribution in [2.75, 3.05) is 37.8 Å². The second kappa shape index (κ2) is 4.92. The lowest BCUT2D eigenvalue weighted by molar-refractivity contribution is 0.249. The minimum atomic E-state index is 0.709. The summed E-state index contributed by atoms with van der Waals surface area (Å²) >= 11 is 0. The fourth-order valence-electron chi connectivity index (χ4n) is 2.35. The zero-order valence-electron chi connectivity index (χ0n) is 11.0. The summed E-state index contributed by atoms with van der Waals surface area (Å²) in [7, 11) is 4.32. The van der Waals surface area contributed by atoms with Crippen LogP contribution in [-0.4, -0.2) is 43.1 Å². The number of nitrogens with zero attached hydrogens (tertiary/aromatic N) is 3. The van der Waals surface area contributed by atoms with E-state index in [4.69, 9.17) is 5.73 Å². The third-order valence-electron chi connectivity index (χ3n) is 3.63. The van der Waals surface area contributed by atoms with Crippen molar-refractivity contribution < 1.29 is 0 Å². The van der Waals surface area contributed by atoms with E-state index in [2.05, 4.69) is 28.9 Å². The fourth-order valence-corrected chi connectivity index (χ4v) is 2.35. The molecular weight excluding hydrogens is 212 g/mol. The molecule has 0 aromatic carbocycles. The van der Waals surface area contributed by atoms with Gasteiger partial charge in [0.2, 0.25) is 0 Å². The molecule has 94 valence electrons. The van der Waals surface area contributed by atoms with Crippen LogP contribution in [0.15, 0.2) is 12.1 Å². The molecule has 1 aliphatic rings. The van der Waals surface area contributed by atoms with Crippen LogP contribution in [0.1, 0.15) is 18.5 Å². The summed E-state index contributed by atoms with van der Waals surface area (Å²) in [5.41, 5.74) is 7.50. The molecule has 1 aliphatic heterocycles. The monoisotopic (exact) mass is 234 g/mol. The second-order valence-corrected chi connectivity index (χ2v) is 5.03. The lowest BCUT2D eigenvalue weighted by Gasteiger charge is -2.36. The number of hydrogen-bond donors (Lipinski definition) is 1. The Kier molecular flexibility index (Phi) is 3.52. The molecule has 0 atom stereocenters. The molecule has 2 heterocycles. The predicted molar refractivity (Wildman–Crippen MR) is 72.3 cm³/mol. The minimum absolute atomic E-state index is 0.709. The lowest BCUT2D eigenvalue weighted by Crippen LogP contribution is -2.42. The first-order valence-corrected chi connectivity index (χ1v) is 6.22. The minimum Gasteiger partial charge on any atom is -0.397 e. The molecule has 4 heteroatoms. The molecule has 0 saturated carbocycles. The summed E-state index contributed by atoms with van der Waals surface area (Å²) in [5.74, 6) is 1.06. The molecule has 0 amide bonds. The molecule has 1 aromatic rings. The number of nitrogen functional groups attached to an aromatic ring is 1. The summed E-state index contributed by atoms with van der Waals surface area (Å²) in [5, 5.41) is 0.